The molecule has 8 aliphatic rings. The van der Waals surface area contributed by atoms with Crippen molar-refractivity contribution in [3.05, 3.63) is 0 Å². The smallest absolute Gasteiger partial charge is 0.0625 e. The summed E-state index contributed by atoms with van der Waals surface area (Å²) in [5.74, 6) is 5.97. The minimum atomic E-state index is -0.645. The number of aliphatic hydroxyl groups is 4. The maximum absolute atomic E-state index is 12.2. The summed E-state index contributed by atoms with van der Waals surface area (Å²) in [5, 5.41) is 46.7. The SMILES string of the molecule is CC1(O)CC[C@]2(C)[C@H]3CC[C@]4(C)[C@@H](C(C)(C)O)CC[C@H]4[C@@H]3CCC2(C2CC(O)CC3CC[C@@H]4[C@H](CC[C@]5(C)[C@@H](C(C)(C)O)CC[C@@H]45)[C@]32C)C1. The van der Waals surface area contributed by atoms with Gasteiger partial charge in [-0.1, -0.05) is 27.7 Å². The van der Waals surface area contributed by atoms with Crippen LogP contribution in [0.25, 0.3) is 0 Å². The van der Waals surface area contributed by atoms with Crippen LogP contribution in [0.15, 0.2) is 0 Å². The first kappa shape index (κ1) is 35.8. The van der Waals surface area contributed by atoms with Crippen molar-refractivity contribution in [1.82, 2.24) is 0 Å². The van der Waals surface area contributed by atoms with Crippen molar-refractivity contribution in [2.45, 2.75) is 194 Å². The Morgan fingerprint density at radius 3 is 1.67 bits per heavy atom. The molecule has 0 heterocycles. The Balaban J connectivity index is 1.19. The molecule has 8 fully saturated rings. The third kappa shape index (κ3) is 4.79. The van der Waals surface area contributed by atoms with Crippen LogP contribution in [0.1, 0.15) is 171 Å². The molecule has 17 atom stereocenters. The first-order valence-electron chi connectivity index (χ1n) is 21.5. The summed E-state index contributed by atoms with van der Waals surface area (Å²) in [6.07, 6.45) is 19.5. The van der Waals surface area contributed by atoms with Crippen LogP contribution in [-0.4, -0.2) is 43.3 Å². The van der Waals surface area contributed by atoms with E-state index in [1.165, 1.54) is 70.6 Å². The molecule has 280 valence electrons. The fraction of sp³-hybridized carbons (Fsp3) is 1.00. The highest BCUT2D eigenvalue weighted by atomic mass is 16.3. The lowest BCUT2D eigenvalue weighted by molar-refractivity contribution is -0.271. The molecule has 0 aromatic rings. The molecule has 0 aromatic heterocycles. The van der Waals surface area contributed by atoms with E-state index >= 15 is 0 Å². The highest BCUT2D eigenvalue weighted by Crippen LogP contribution is 2.79. The molecule has 0 amide bonds. The maximum Gasteiger partial charge on any atom is 0.0625 e. The summed E-state index contributed by atoms with van der Waals surface area (Å²) >= 11 is 0. The molecule has 0 radical (unpaired) electrons. The average Bonchev–Trinajstić information content (AvgIpc) is 3.54. The summed E-state index contributed by atoms with van der Waals surface area (Å²) in [6.45, 7) is 21.0. The van der Waals surface area contributed by atoms with Gasteiger partial charge in [-0.2, -0.15) is 0 Å². The molecule has 8 rings (SSSR count). The molecular weight excluding hydrogens is 604 g/mol. The first-order valence-corrected chi connectivity index (χ1v) is 21.5. The highest BCUT2D eigenvalue weighted by molar-refractivity contribution is 5.22. The summed E-state index contributed by atoms with van der Waals surface area (Å²) in [6, 6.07) is 0. The minimum absolute atomic E-state index is 0.0419. The Labute approximate surface area is 300 Å². The van der Waals surface area contributed by atoms with Crippen molar-refractivity contribution in [1.29, 1.82) is 0 Å². The van der Waals surface area contributed by atoms with Gasteiger partial charge in [-0.3, -0.25) is 0 Å². The summed E-state index contributed by atoms with van der Waals surface area (Å²) < 4.78 is 0. The highest BCUT2D eigenvalue weighted by Gasteiger charge is 2.73. The molecule has 8 aliphatic carbocycles. The van der Waals surface area contributed by atoms with Crippen molar-refractivity contribution in [2.75, 3.05) is 0 Å². The van der Waals surface area contributed by atoms with E-state index in [2.05, 4.69) is 62.3 Å². The summed E-state index contributed by atoms with van der Waals surface area (Å²) in [5.41, 5.74) is -1.05. The predicted octanol–water partition coefficient (Wildman–Crippen LogP) is 9.55. The van der Waals surface area contributed by atoms with Crippen molar-refractivity contribution < 1.29 is 20.4 Å². The monoisotopic (exact) mass is 681 g/mol. The molecule has 0 aliphatic heterocycles. The Hall–Kier alpha value is -0.160. The lowest BCUT2D eigenvalue weighted by Gasteiger charge is -2.74. The molecule has 4 nitrogen and oxygen atoms in total. The molecule has 0 aromatic carbocycles. The summed E-state index contributed by atoms with van der Waals surface area (Å²) in [4.78, 5) is 0. The fourth-order valence-corrected chi connectivity index (χ4v) is 18.8. The first-order chi connectivity index (χ1) is 22.6. The van der Waals surface area contributed by atoms with Gasteiger partial charge in [0, 0.05) is 0 Å². The van der Waals surface area contributed by atoms with Crippen LogP contribution in [-0.2, 0) is 0 Å². The van der Waals surface area contributed by atoms with Gasteiger partial charge in [0.1, 0.15) is 0 Å². The van der Waals surface area contributed by atoms with E-state index in [4.69, 9.17) is 0 Å². The van der Waals surface area contributed by atoms with Crippen LogP contribution in [0.4, 0.5) is 0 Å². The van der Waals surface area contributed by atoms with Gasteiger partial charge >= 0.3 is 0 Å². The number of hydrogen-bond acceptors (Lipinski definition) is 4. The maximum atomic E-state index is 12.2. The molecule has 4 heteroatoms. The lowest BCUT2D eigenvalue weighted by atomic mass is 9.31. The van der Waals surface area contributed by atoms with Crippen molar-refractivity contribution in [3.63, 3.8) is 0 Å². The Morgan fingerprint density at radius 1 is 0.551 bits per heavy atom. The summed E-state index contributed by atoms with van der Waals surface area (Å²) in [7, 11) is 0. The van der Waals surface area contributed by atoms with Crippen LogP contribution in [0, 0.1) is 86.3 Å². The van der Waals surface area contributed by atoms with Gasteiger partial charge in [0.2, 0.25) is 0 Å². The molecule has 5 unspecified atom stereocenters. The largest absolute Gasteiger partial charge is 0.393 e. The quantitative estimate of drug-likeness (QED) is 0.239. The lowest BCUT2D eigenvalue weighted by Crippen LogP contribution is -2.69. The minimum Gasteiger partial charge on any atom is -0.393 e. The van der Waals surface area contributed by atoms with Crippen LogP contribution >= 0.6 is 0 Å². The number of fused-ring (bicyclic) bond motifs is 10. The third-order valence-electron chi connectivity index (χ3n) is 20.3. The van der Waals surface area contributed by atoms with E-state index in [1.54, 1.807) is 0 Å². The van der Waals surface area contributed by atoms with E-state index in [0.29, 0.717) is 47.3 Å². The zero-order valence-electron chi connectivity index (χ0n) is 33.2. The zero-order chi connectivity index (χ0) is 35.4. The fourth-order valence-electron chi connectivity index (χ4n) is 18.8. The molecule has 0 saturated heterocycles. The van der Waals surface area contributed by atoms with Crippen molar-refractivity contribution >= 4 is 0 Å². The molecule has 49 heavy (non-hydrogen) atoms. The van der Waals surface area contributed by atoms with Crippen LogP contribution in [0.2, 0.25) is 0 Å². The number of hydrogen-bond donors (Lipinski definition) is 4. The molecule has 0 bridgehead atoms. The Morgan fingerprint density at radius 2 is 1.10 bits per heavy atom. The Bertz CT molecular complexity index is 1290. The zero-order valence-corrected chi connectivity index (χ0v) is 33.2. The van der Waals surface area contributed by atoms with E-state index in [-0.39, 0.29) is 33.2 Å². The molecular formula is C45H76O4. The van der Waals surface area contributed by atoms with Crippen LogP contribution in [0.5, 0.6) is 0 Å². The van der Waals surface area contributed by atoms with Gasteiger partial charge in [-0.25, -0.2) is 0 Å². The normalized spacial score (nSPS) is 58.8. The second-order valence-corrected chi connectivity index (χ2v) is 23.0. The van der Waals surface area contributed by atoms with Gasteiger partial charge in [-0.15, -0.1) is 0 Å². The van der Waals surface area contributed by atoms with Crippen molar-refractivity contribution in [3.8, 4) is 0 Å². The molecule has 0 spiro atoms. The van der Waals surface area contributed by atoms with E-state index in [0.717, 1.165) is 50.4 Å². The van der Waals surface area contributed by atoms with E-state index in [1.807, 2.05) is 0 Å². The van der Waals surface area contributed by atoms with Gasteiger partial charge < -0.3 is 20.4 Å². The van der Waals surface area contributed by atoms with Crippen molar-refractivity contribution in [2.24, 2.45) is 86.3 Å². The standard InChI is InChI=1S/C45H76O4/c1-38(2,47)35-15-13-32-30-16-21-45(26-40(5,49)22-23-43(45,8)33(30)17-19-41(32,35)6)37-25-28(46)24-27-10-11-29-31-12-14-36(39(3,4)48)42(31,7)20-18-34(29)44(27,37)9/h27-37,46-49H,10-26H2,1-9H3/t27?,28?,29-,30-,31-,32-,33-,34-,35+,36+,37?,40?,41-,42-,43+,44-,45?/m0/s1. The number of rotatable bonds is 3. The Kier molecular flexibility index (Phi) is 8.02. The molecule has 8 saturated carbocycles. The second-order valence-electron chi connectivity index (χ2n) is 23.0. The van der Waals surface area contributed by atoms with Crippen LogP contribution < -0.4 is 0 Å². The van der Waals surface area contributed by atoms with Gasteiger partial charge in [0.15, 0.2) is 0 Å². The third-order valence-corrected chi connectivity index (χ3v) is 20.3. The van der Waals surface area contributed by atoms with Gasteiger partial charge in [0.05, 0.1) is 22.9 Å². The van der Waals surface area contributed by atoms with E-state index in [9.17, 15) is 20.4 Å². The predicted molar refractivity (Wildman–Crippen MR) is 197 cm³/mol. The van der Waals surface area contributed by atoms with Crippen LogP contribution in [0.3, 0.4) is 0 Å². The molecule has 4 N–H and O–H groups in total. The second kappa shape index (κ2) is 11.0. The average molecular weight is 681 g/mol. The number of aliphatic hydroxyl groups excluding tert-OH is 1. The van der Waals surface area contributed by atoms with Gasteiger partial charge in [0.25, 0.3) is 0 Å². The van der Waals surface area contributed by atoms with E-state index < -0.39 is 16.8 Å². The van der Waals surface area contributed by atoms with Gasteiger partial charge in [-0.05, 0) is 230 Å². The topological polar surface area (TPSA) is 80.9 Å².